The maximum atomic E-state index is 12.9. The second kappa shape index (κ2) is 6.20. The molecule has 1 atom stereocenters. The lowest BCUT2D eigenvalue weighted by Gasteiger charge is -2.11. The van der Waals surface area contributed by atoms with Crippen LogP contribution >= 0.6 is 0 Å². The Hall–Kier alpha value is -2.47. The normalized spacial score (nSPS) is 18.9. The summed E-state index contributed by atoms with van der Waals surface area (Å²) in [7, 11) is -3.36. The zero-order valence-corrected chi connectivity index (χ0v) is 13.8. The minimum Gasteiger partial charge on any atom is -0.345 e. The minimum atomic E-state index is -3.36. The third kappa shape index (κ3) is 3.23. The van der Waals surface area contributed by atoms with E-state index in [1.807, 2.05) is 0 Å². The van der Waals surface area contributed by atoms with E-state index in [0.29, 0.717) is 11.1 Å². The highest BCUT2D eigenvalue weighted by atomic mass is 32.2. The molecule has 0 saturated heterocycles. The zero-order valence-electron chi connectivity index (χ0n) is 13.0. The first kappa shape index (κ1) is 16.4. The van der Waals surface area contributed by atoms with Gasteiger partial charge in [-0.25, -0.2) is 12.8 Å². The van der Waals surface area contributed by atoms with E-state index >= 15 is 0 Å². The van der Waals surface area contributed by atoms with Crippen molar-refractivity contribution in [1.82, 2.24) is 5.32 Å². The topological polar surface area (TPSA) is 63.2 Å². The molecule has 1 unspecified atom stereocenters. The highest BCUT2D eigenvalue weighted by Gasteiger charge is 2.34. The standard InChI is InChI=1S/C18H16FNO3S/c1-12(13-6-8-14(19)9-7-13)10-18(21)20-16-11-24(22,23)17-5-3-2-4-15(16)17/h2-10,16H,11H2,1H3,(H,20,21)/b12-10-. The summed E-state index contributed by atoms with van der Waals surface area (Å²) < 4.78 is 37.2. The van der Waals surface area contributed by atoms with Gasteiger partial charge in [-0.05, 0) is 41.8 Å². The summed E-state index contributed by atoms with van der Waals surface area (Å²) in [4.78, 5) is 12.5. The van der Waals surface area contributed by atoms with Crippen molar-refractivity contribution >= 4 is 21.3 Å². The molecule has 2 aromatic rings. The van der Waals surface area contributed by atoms with Gasteiger partial charge in [-0.2, -0.15) is 0 Å². The van der Waals surface area contributed by atoms with Crippen molar-refractivity contribution in [2.45, 2.75) is 17.9 Å². The first-order valence-corrected chi connectivity index (χ1v) is 9.08. The van der Waals surface area contributed by atoms with Crippen LogP contribution in [0.25, 0.3) is 5.57 Å². The molecule has 24 heavy (non-hydrogen) atoms. The van der Waals surface area contributed by atoms with E-state index in [0.717, 1.165) is 5.56 Å². The van der Waals surface area contributed by atoms with Gasteiger partial charge in [0.1, 0.15) is 5.82 Å². The van der Waals surface area contributed by atoms with Gasteiger partial charge in [-0.3, -0.25) is 4.79 Å². The van der Waals surface area contributed by atoms with Gasteiger partial charge in [0.15, 0.2) is 9.84 Å². The summed E-state index contributed by atoms with van der Waals surface area (Å²) in [6.45, 7) is 1.74. The van der Waals surface area contributed by atoms with Crippen LogP contribution in [0, 0.1) is 5.82 Å². The van der Waals surface area contributed by atoms with Crippen molar-refractivity contribution in [3.63, 3.8) is 0 Å². The third-order valence-electron chi connectivity index (χ3n) is 3.98. The number of carbonyl (C=O) groups excluding carboxylic acids is 1. The van der Waals surface area contributed by atoms with Gasteiger partial charge in [0, 0.05) is 6.08 Å². The molecule has 1 aliphatic rings. The number of halogens is 1. The lowest BCUT2D eigenvalue weighted by atomic mass is 10.1. The van der Waals surface area contributed by atoms with E-state index in [1.165, 1.54) is 18.2 Å². The van der Waals surface area contributed by atoms with Crippen LogP contribution in [0.3, 0.4) is 0 Å². The Kier molecular flexibility index (Phi) is 4.24. The average Bonchev–Trinajstić information content (AvgIpc) is 2.79. The highest BCUT2D eigenvalue weighted by molar-refractivity contribution is 7.91. The number of benzene rings is 2. The molecule has 1 N–H and O–H groups in total. The quantitative estimate of drug-likeness (QED) is 0.870. The lowest BCUT2D eigenvalue weighted by molar-refractivity contribution is -0.117. The number of amides is 1. The summed E-state index contributed by atoms with van der Waals surface area (Å²) in [6, 6.07) is 11.9. The molecule has 3 rings (SSSR count). The monoisotopic (exact) mass is 345 g/mol. The maximum absolute atomic E-state index is 12.9. The molecule has 4 nitrogen and oxygen atoms in total. The predicted octanol–water partition coefficient (Wildman–Crippen LogP) is 2.87. The molecule has 2 aromatic carbocycles. The molecule has 0 fully saturated rings. The number of carbonyl (C=O) groups is 1. The van der Waals surface area contributed by atoms with Gasteiger partial charge in [-0.1, -0.05) is 30.3 Å². The van der Waals surface area contributed by atoms with E-state index in [4.69, 9.17) is 0 Å². The number of sulfone groups is 1. The van der Waals surface area contributed by atoms with E-state index in [9.17, 15) is 17.6 Å². The highest BCUT2D eigenvalue weighted by Crippen LogP contribution is 2.32. The van der Waals surface area contributed by atoms with Gasteiger partial charge < -0.3 is 5.32 Å². The van der Waals surface area contributed by atoms with Crippen LogP contribution in [0.1, 0.15) is 24.1 Å². The van der Waals surface area contributed by atoms with Crippen LogP contribution < -0.4 is 5.32 Å². The number of allylic oxidation sites excluding steroid dienone is 1. The maximum Gasteiger partial charge on any atom is 0.244 e. The van der Waals surface area contributed by atoms with E-state index in [1.54, 1.807) is 43.3 Å². The molecule has 0 aromatic heterocycles. The van der Waals surface area contributed by atoms with Crippen LogP contribution in [-0.4, -0.2) is 20.1 Å². The number of nitrogens with one attached hydrogen (secondary N) is 1. The van der Waals surface area contributed by atoms with Crippen molar-refractivity contribution in [2.75, 3.05) is 5.75 Å². The Balaban J connectivity index is 1.79. The summed E-state index contributed by atoms with van der Waals surface area (Å²) >= 11 is 0. The van der Waals surface area contributed by atoms with Crippen molar-refractivity contribution in [1.29, 1.82) is 0 Å². The molecule has 0 radical (unpaired) electrons. The fraction of sp³-hybridized carbons (Fsp3) is 0.167. The minimum absolute atomic E-state index is 0.137. The summed E-state index contributed by atoms with van der Waals surface area (Å²) in [5, 5.41) is 2.73. The summed E-state index contributed by atoms with van der Waals surface area (Å²) in [5.41, 5.74) is 2.01. The summed E-state index contributed by atoms with van der Waals surface area (Å²) in [6.07, 6.45) is 1.39. The smallest absolute Gasteiger partial charge is 0.244 e. The molecule has 6 heteroatoms. The molecular weight excluding hydrogens is 329 g/mol. The van der Waals surface area contributed by atoms with Crippen molar-refractivity contribution in [2.24, 2.45) is 0 Å². The number of rotatable bonds is 3. The van der Waals surface area contributed by atoms with Crippen LogP contribution in [0.4, 0.5) is 4.39 Å². The molecule has 0 spiro atoms. The van der Waals surface area contributed by atoms with E-state index in [2.05, 4.69) is 5.32 Å². The van der Waals surface area contributed by atoms with Gasteiger partial charge in [0.05, 0.1) is 16.7 Å². The van der Waals surface area contributed by atoms with Crippen molar-refractivity contribution < 1.29 is 17.6 Å². The lowest BCUT2D eigenvalue weighted by Crippen LogP contribution is -2.28. The fourth-order valence-electron chi connectivity index (χ4n) is 2.78. The SMILES string of the molecule is C/C(=C/C(=O)NC1CS(=O)(=O)c2ccccc21)c1ccc(F)cc1. The fourth-order valence-corrected chi connectivity index (χ4v) is 4.51. The average molecular weight is 345 g/mol. The number of fused-ring (bicyclic) bond motifs is 1. The second-order valence-corrected chi connectivity index (χ2v) is 7.72. The second-order valence-electron chi connectivity index (χ2n) is 5.71. The van der Waals surface area contributed by atoms with Crippen molar-refractivity contribution in [3.8, 4) is 0 Å². The molecule has 1 heterocycles. The molecule has 0 bridgehead atoms. The Morgan fingerprint density at radius 1 is 1.17 bits per heavy atom. The Morgan fingerprint density at radius 3 is 2.54 bits per heavy atom. The van der Waals surface area contributed by atoms with Crippen LogP contribution in [0.5, 0.6) is 0 Å². The number of hydrogen-bond donors (Lipinski definition) is 1. The molecule has 0 aliphatic carbocycles. The molecular formula is C18H16FNO3S. The Bertz CT molecular complexity index is 918. The van der Waals surface area contributed by atoms with Gasteiger partial charge in [0.2, 0.25) is 5.91 Å². The molecule has 124 valence electrons. The van der Waals surface area contributed by atoms with Gasteiger partial charge >= 0.3 is 0 Å². The van der Waals surface area contributed by atoms with Crippen LogP contribution in [-0.2, 0) is 14.6 Å². The van der Waals surface area contributed by atoms with E-state index < -0.39 is 15.9 Å². The first-order chi connectivity index (χ1) is 11.4. The van der Waals surface area contributed by atoms with Gasteiger partial charge in [0.25, 0.3) is 0 Å². The molecule has 0 saturated carbocycles. The third-order valence-corrected chi connectivity index (χ3v) is 5.79. The van der Waals surface area contributed by atoms with E-state index in [-0.39, 0.29) is 22.4 Å². The summed E-state index contributed by atoms with van der Waals surface area (Å²) in [5.74, 6) is -0.862. The van der Waals surface area contributed by atoms with Gasteiger partial charge in [-0.15, -0.1) is 0 Å². The van der Waals surface area contributed by atoms with Crippen LogP contribution in [0.2, 0.25) is 0 Å². The van der Waals surface area contributed by atoms with Crippen LogP contribution in [0.15, 0.2) is 59.5 Å². The molecule has 1 aliphatic heterocycles. The first-order valence-electron chi connectivity index (χ1n) is 7.43. The Labute approximate surface area is 139 Å². The zero-order chi connectivity index (χ0) is 17.3. The van der Waals surface area contributed by atoms with Crippen molar-refractivity contribution in [3.05, 3.63) is 71.6 Å². The number of hydrogen-bond acceptors (Lipinski definition) is 3. The largest absolute Gasteiger partial charge is 0.345 e. The Morgan fingerprint density at radius 2 is 1.83 bits per heavy atom. The molecule has 1 amide bonds. The predicted molar refractivity (Wildman–Crippen MR) is 89.4 cm³/mol.